The molecule has 1 saturated heterocycles. The lowest BCUT2D eigenvalue weighted by molar-refractivity contribution is 0.0985. The molecule has 2 aromatic heterocycles. The van der Waals surface area contributed by atoms with Crippen molar-refractivity contribution in [2.45, 2.75) is 32.9 Å². The van der Waals surface area contributed by atoms with E-state index >= 15 is 0 Å². The predicted molar refractivity (Wildman–Crippen MR) is 77.6 cm³/mol. The van der Waals surface area contributed by atoms with Crippen molar-refractivity contribution >= 4 is 17.4 Å². The van der Waals surface area contributed by atoms with Gasteiger partial charge in [0.15, 0.2) is 5.78 Å². The zero-order valence-electron chi connectivity index (χ0n) is 12.0. The monoisotopic (exact) mass is 308 g/mol. The molecule has 1 N–H and O–H groups in total. The zero-order chi connectivity index (χ0) is 15.0. The van der Waals surface area contributed by atoms with Crippen molar-refractivity contribution in [1.29, 1.82) is 0 Å². The normalized spacial score (nSPS) is 15.2. The van der Waals surface area contributed by atoms with Crippen LogP contribution >= 0.6 is 11.6 Å². The average molecular weight is 309 g/mol. The van der Waals surface area contributed by atoms with Crippen LogP contribution in [-0.4, -0.2) is 43.6 Å². The Labute approximate surface area is 127 Å². The Morgan fingerprint density at radius 2 is 2.29 bits per heavy atom. The third kappa shape index (κ3) is 2.58. The molecule has 0 amide bonds. The van der Waals surface area contributed by atoms with Crippen molar-refractivity contribution in [2.24, 2.45) is 0 Å². The number of nitrogens with zero attached hydrogens (tertiary/aromatic N) is 5. The molecular weight excluding hydrogens is 292 g/mol. The van der Waals surface area contributed by atoms with E-state index in [1.807, 2.05) is 13.8 Å². The SMILES string of the molecule is CCn1nc(C)c(Cl)c1CC(=O)c1cn(C2CNC2)nn1. The van der Waals surface area contributed by atoms with Gasteiger partial charge in [-0.25, -0.2) is 4.68 Å². The Kier molecular flexibility index (Phi) is 3.77. The summed E-state index contributed by atoms with van der Waals surface area (Å²) < 4.78 is 3.50. The summed E-state index contributed by atoms with van der Waals surface area (Å²) in [7, 11) is 0. The highest BCUT2D eigenvalue weighted by Gasteiger charge is 2.23. The molecule has 0 bridgehead atoms. The van der Waals surface area contributed by atoms with E-state index in [9.17, 15) is 4.79 Å². The minimum atomic E-state index is -0.0926. The quantitative estimate of drug-likeness (QED) is 0.835. The molecule has 1 fully saturated rings. The maximum atomic E-state index is 12.4. The van der Waals surface area contributed by atoms with Gasteiger partial charge in [0.05, 0.1) is 35.1 Å². The molecule has 0 spiro atoms. The highest BCUT2D eigenvalue weighted by atomic mass is 35.5. The second kappa shape index (κ2) is 5.57. The molecule has 21 heavy (non-hydrogen) atoms. The number of carbonyl (C=O) groups is 1. The zero-order valence-corrected chi connectivity index (χ0v) is 12.8. The minimum absolute atomic E-state index is 0.0926. The largest absolute Gasteiger partial charge is 0.312 e. The number of halogens is 1. The molecule has 0 aliphatic carbocycles. The molecule has 0 saturated carbocycles. The predicted octanol–water partition coefficient (Wildman–Crippen LogP) is 1.03. The van der Waals surface area contributed by atoms with Gasteiger partial charge >= 0.3 is 0 Å². The Balaban J connectivity index is 1.78. The highest BCUT2D eigenvalue weighted by molar-refractivity contribution is 6.32. The lowest BCUT2D eigenvalue weighted by Gasteiger charge is -2.26. The van der Waals surface area contributed by atoms with Crippen LogP contribution in [0, 0.1) is 6.92 Å². The second-order valence-electron chi connectivity index (χ2n) is 5.16. The van der Waals surface area contributed by atoms with Crippen LogP contribution in [0.3, 0.4) is 0 Å². The number of hydrogen-bond donors (Lipinski definition) is 1. The fraction of sp³-hybridized carbons (Fsp3) is 0.538. The lowest BCUT2D eigenvalue weighted by atomic mass is 10.1. The van der Waals surface area contributed by atoms with Gasteiger partial charge in [-0.15, -0.1) is 5.10 Å². The van der Waals surface area contributed by atoms with Crippen molar-refractivity contribution in [2.75, 3.05) is 13.1 Å². The van der Waals surface area contributed by atoms with Gasteiger partial charge in [0.25, 0.3) is 0 Å². The first kappa shape index (κ1) is 14.2. The number of hydrogen-bond acceptors (Lipinski definition) is 5. The van der Waals surface area contributed by atoms with Gasteiger partial charge in [-0.2, -0.15) is 5.10 Å². The van der Waals surface area contributed by atoms with Crippen molar-refractivity contribution in [1.82, 2.24) is 30.1 Å². The van der Waals surface area contributed by atoms with E-state index in [1.54, 1.807) is 15.6 Å². The Hall–Kier alpha value is -1.73. The Bertz CT molecular complexity index is 672. The van der Waals surface area contributed by atoms with Crippen molar-refractivity contribution in [3.8, 4) is 0 Å². The van der Waals surface area contributed by atoms with Gasteiger partial charge < -0.3 is 5.32 Å². The third-order valence-electron chi connectivity index (χ3n) is 3.71. The molecule has 1 aliphatic heterocycles. The van der Waals surface area contributed by atoms with Crippen LogP contribution in [0.15, 0.2) is 6.20 Å². The summed E-state index contributed by atoms with van der Waals surface area (Å²) in [4.78, 5) is 12.4. The van der Waals surface area contributed by atoms with E-state index in [-0.39, 0.29) is 12.2 Å². The molecule has 2 aromatic rings. The van der Waals surface area contributed by atoms with Crippen LogP contribution in [0.25, 0.3) is 0 Å². The summed E-state index contributed by atoms with van der Waals surface area (Å²) >= 11 is 6.23. The standard InChI is InChI=1S/C13H17ClN6O/c1-3-19-11(13(14)8(2)17-19)4-12(21)10-7-20(18-16-10)9-5-15-6-9/h7,9,15H,3-6H2,1-2H3. The summed E-state index contributed by atoms with van der Waals surface area (Å²) in [6.07, 6.45) is 1.90. The van der Waals surface area contributed by atoms with Gasteiger partial charge in [-0.1, -0.05) is 16.8 Å². The number of Topliss-reactive ketones (excluding diaryl/α,β-unsaturated/α-hetero) is 1. The molecule has 0 radical (unpaired) electrons. The first-order valence-corrected chi connectivity index (χ1v) is 7.35. The van der Waals surface area contributed by atoms with Crippen molar-refractivity contribution in [3.63, 3.8) is 0 Å². The van der Waals surface area contributed by atoms with Crippen LogP contribution in [0.2, 0.25) is 5.02 Å². The summed E-state index contributed by atoms with van der Waals surface area (Å²) in [5.74, 6) is -0.0926. The summed E-state index contributed by atoms with van der Waals surface area (Å²) in [6.45, 7) is 6.21. The van der Waals surface area contributed by atoms with Gasteiger partial charge in [0.2, 0.25) is 0 Å². The highest BCUT2D eigenvalue weighted by Crippen LogP contribution is 2.22. The summed E-state index contributed by atoms with van der Waals surface area (Å²) in [5, 5.41) is 16.0. The van der Waals surface area contributed by atoms with Crippen LogP contribution in [0.4, 0.5) is 0 Å². The molecular formula is C13H17ClN6O. The van der Waals surface area contributed by atoms with E-state index in [4.69, 9.17) is 11.6 Å². The van der Waals surface area contributed by atoms with Crippen LogP contribution in [0.1, 0.15) is 34.8 Å². The maximum absolute atomic E-state index is 12.4. The molecule has 8 heteroatoms. The van der Waals surface area contributed by atoms with E-state index in [2.05, 4.69) is 20.7 Å². The molecule has 0 aromatic carbocycles. The molecule has 112 valence electrons. The van der Waals surface area contributed by atoms with Crippen molar-refractivity contribution < 1.29 is 4.79 Å². The number of aromatic nitrogens is 5. The van der Waals surface area contributed by atoms with Crippen molar-refractivity contribution in [3.05, 3.63) is 28.3 Å². The minimum Gasteiger partial charge on any atom is -0.312 e. The van der Waals surface area contributed by atoms with Gasteiger partial charge in [-0.3, -0.25) is 9.48 Å². The Morgan fingerprint density at radius 1 is 1.52 bits per heavy atom. The molecule has 3 heterocycles. The average Bonchev–Trinajstić information content (AvgIpc) is 2.97. The Morgan fingerprint density at radius 3 is 2.90 bits per heavy atom. The van der Waals surface area contributed by atoms with Crippen LogP contribution < -0.4 is 5.32 Å². The van der Waals surface area contributed by atoms with Gasteiger partial charge in [-0.05, 0) is 13.8 Å². The lowest BCUT2D eigenvalue weighted by Crippen LogP contribution is -2.43. The molecule has 0 unspecified atom stereocenters. The first-order chi connectivity index (χ1) is 10.1. The molecule has 0 atom stereocenters. The molecule has 1 aliphatic rings. The first-order valence-electron chi connectivity index (χ1n) is 6.97. The van der Waals surface area contributed by atoms with E-state index in [0.29, 0.717) is 23.3 Å². The number of carbonyl (C=O) groups excluding carboxylic acids is 1. The number of ketones is 1. The fourth-order valence-corrected chi connectivity index (χ4v) is 2.53. The number of nitrogens with one attached hydrogen (secondary N) is 1. The smallest absolute Gasteiger partial charge is 0.190 e. The third-order valence-corrected chi connectivity index (χ3v) is 4.20. The van der Waals surface area contributed by atoms with Gasteiger partial charge in [0.1, 0.15) is 5.69 Å². The summed E-state index contributed by atoms with van der Waals surface area (Å²) in [5.41, 5.74) is 1.85. The van der Waals surface area contributed by atoms with Gasteiger partial charge in [0, 0.05) is 19.6 Å². The number of aryl methyl sites for hydroxylation is 2. The summed E-state index contributed by atoms with van der Waals surface area (Å²) in [6, 6.07) is 0.297. The molecule has 7 nitrogen and oxygen atoms in total. The van der Waals surface area contributed by atoms with E-state index in [1.165, 1.54) is 0 Å². The van der Waals surface area contributed by atoms with Crippen LogP contribution in [0.5, 0.6) is 0 Å². The topological polar surface area (TPSA) is 77.6 Å². The molecule has 3 rings (SSSR count). The number of rotatable bonds is 5. The fourth-order valence-electron chi connectivity index (χ4n) is 2.32. The van der Waals surface area contributed by atoms with Crippen LogP contribution in [-0.2, 0) is 13.0 Å². The maximum Gasteiger partial charge on any atom is 0.190 e. The second-order valence-corrected chi connectivity index (χ2v) is 5.54. The van der Waals surface area contributed by atoms with E-state index in [0.717, 1.165) is 24.5 Å². The van der Waals surface area contributed by atoms with E-state index < -0.39 is 0 Å².